The Balaban J connectivity index is 0.000000960. The SMILES string of the molecule is CC(C)(C)OC(=O)N[C@H]1COCC(CC2=CCCC=C2)CCOC1=O.CC(C)C. The Morgan fingerprint density at radius 2 is 1.93 bits per heavy atom. The van der Waals surface area contributed by atoms with E-state index in [1.807, 2.05) is 0 Å². The van der Waals surface area contributed by atoms with E-state index in [2.05, 4.69) is 44.3 Å². The third-order valence-corrected chi connectivity index (χ3v) is 3.98. The van der Waals surface area contributed by atoms with Crippen molar-refractivity contribution in [1.29, 1.82) is 0 Å². The summed E-state index contributed by atoms with van der Waals surface area (Å²) in [6.45, 7) is 12.8. The van der Waals surface area contributed by atoms with Crippen molar-refractivity contribution in [2.75, 3.05) is 19.8 Å². The standard InChI is InChI=1S/C19H29NO5.C4H10/c1-19(2,3)25-18(22)20-16-13-23-12-15(9-10-24-17(16)21)11-14-7-5-4-6-8-14;1-4(2)3/h5,7-8,15-16H,4,6,9-13H2,1-3H3,(H,20,22);4H,1-3H3/t15?,16-;/m0./s1. The lowest BCUT2D eigenvalue weighted by Crippen LogP contribution is -2.46. The molecular weight excluding hydrogens is 370 g/mol. The topological polar surface area (TPSA) is 73.9 Å². The van der Waals surface area contributed by atoms with Gasteiger partial charge in [0.25, 0.3) is 0 Å². The number of rotatable bonds is 3. The molecule has 2 aliphatic rings. The first kappa shape index (κ1) is 25.2. The first-order chi connectivity index (χ1) is 13.6. The van der Waals surface area contributed by atoms with Crippen LogP contribution in [-0.4, -0.2) is 43.5 Å². The van der Waals surface area contributed by atoms with Gasteiger partial charge in [-0.15, -0.1) is 0 Å². The van der Waals surface area contributed by atoms with Crippen LogP contribution in [0.3, 0.4) is 0 Å². The number of cyclic esters (lactones) is 1. The number of hydrogen-bond acceptors (Lipinski definition) is 5. The highest BCUT2D eigenvalue weighted by Gasteiger charge is 2.27. The molecule has 6 nitrogen and oxygen atoms in total. The normalized spacial score (nSPS) is 22.9. The zero-order valence-electron chi connectivity index (χ0n) is 19.0. The first-order valence-electron chi connectivity index (χ1n) is 10.7. The minimum atomic E-state index is -0.845. The van der Waals surface area contributed by atoms with E-state index >= 15 is 0 Å². The summed E-state index contributed by atoms with van der Waals surface area (Å²) in [4.78, 5) is 24.0. The monoisotopic (exact) mass is 409 g/mol. The van der Waals surface area contributed by atoms with Gasteiger partial charge in [-0.1, -0.05) is 44.6 Å². The van der Waals surface area contributed by atoms with E-state index in [0.29, 0.717) is 19.1 Å². The van der Waals surface area contributed by atoms with Gasteiger partial charge in [-0.25, -0.2) is 9.59 Å². The van der Waals surface area contributed by atoms with Crippen LogP contribution in [0.25, 0.3) is 0 Å². The molecule has 6 heteroatoms. The highest BCUT2D eigenvalue weighted by molar-refractivity contribution is 5.81. The highest BCUT2D eigenvalue weighted by atomic mass is 16.6. The van der Waals surface area contributed by atoms with E-state index in [-0.39, 0.29) is 6.61 Å². The highest BCUT2D eigenvalue weighted by Crippen LogP contribution is 2.22. The number of hydrogen-bond donors (Lipinski definition) is 1. The molecule has 1 fully saturated rings. The Morgan fingerprint density at radius 3 is 2.52 bits per heavy atom. The number of carbonyl (C=O) groups is 2. The van der Waals surface area contributed by atoms with Gasteiger partial charge >= 0.3 is 12.1 Å². The maximum absolute atomic E-state index is 12.1. The van der Waals surface area contributed by atoms with E-state index in [0.717, 1.165) is 31.6 Å². The molecule has 0 aromatic heterocycles. The van der Waals surface area contributed by atoms with Crippen LogP contribution in [0.1, 0.15) is 67.2 Å². The minimum absolute atomic E-state index is 0.0868. The van der Waals surface area contributed by atoms with Gasteiger partial charge < -0.3 is 19.5 Å². The van der Waals surface area contributed by atoms with Crippen molar-refractivity contribution in [3.8, 4) is 0 Å². The molecule has 29 heavy (non-hydrogen) atoms. The van der Waals surface area contributed by atoms with Gasteiger partial charge in [0.15, 0.2) is 6.04 Å². The van der Waals surface area contributed by atoms with Crippen LogP contribution in [-0.2, 0) is 19.0 Å². The van der Waals surface area contributed by atoms with Crippen molar-refractivity contribution in [2.24, 2.45) is 11.8 Å². The van der Waals surface area contributed by atoms with Crippen molar-refractivity contribution in [3.05, 3.63) is 23.8 Å². The van der Waals surface area contributed by atoms with Crippen LogP contribution in [0.5, 0.6) is 0 Å². The van der Waals surface area contributed by atoms with E-state index in [1.54, 1.807) is 20.8 Å². The van der Waals surface area contributed by atoms with Crippen molar-refractivity contribution < 1.29 is 23.8 Å². The smallest absolute Gasteiger partial charge is 0.408 e. The molecular formula is C23H39NO5. The molecule has 2 atom stereocenters. The maximum atomic E-state index is 12.1. The summed E-state index contributed by atoms with van der Waals surface area (Å²) in [5, 5.41) is 2.53. The van der Waals surface area contributed by atoms with E-state index in [1.165, 1.54) is 5.57 Å². The molecule has 1 heterocycles. The molecule has 166 valence electrons. The molecule has 0 spiro atoms. The van der Waals surface area contributed by atoms with Gasteiger partial charge in [0.05, 0.1) is 13.2 Å². The van der Waals surface area contributed by atoms with Crippen LogP contribution < -0.4 is 5.32 Å². The fourth-order valence-electron chi connectivity index (χ4n) is 2.79. The predicted octanol–water partition coefficient (Wildman–Crippen LogP) is 4.79. The predicted molar refractivity (Wildman–Crippen MR) is 115 cm³/mol. The van der Waals surface area contributed by atoms with Crippen LogP contribution in [0.2, 0.25) is 0 Å². The van der Waals surface area contributed by atoms with E-state index < -0.39 is 23.7 Å². The fourth-order valence-corrected chi connectivity index (χ4v) is 2.79. The molecule has 1 saturated heterocycles. The summed E-state index contributed by atoms with van der Waals surface area (Å²) in [7, 11) is 0. The number of ether oxygens (including phenoxy) is 3. The maximum Gasteiger partial charge on any atom is 0.408 e. The summed E-state index contributed by atoms with van der Waals surface area (Å²) >= 11 is 0. The first-order valence-corrected chi connectivity index (χ1v) is 10.7. The Hall–Kier alpha value is -1.82. The number of esters is 1. The largest absolute Gasteiger partial charge is 0.464 e. The third kappa shape index (κ3) is 12.4. The molecule has 1 aliphatic heterocycles. The summed E-state index contributed by atoms with van der Waals surface area (Å²) < 4.78 is 16.2. The molecule has 0 saturated carbocycles. The zero-order valence-corrected chi connectivity index (χ0v) is 19.0. The van der Waals surface area contributed by atoms with Crippen LogP contribution >= 0.6 is 0 Å². The third-order valence-electron chi connectivity index (χ3n) is 3.98. The molecule has 0 aromatic rings. The Kier molecular flexibility index (Phi) is 11.0. The lowest BCUT2D eigenvalue weighted by Gasteiger charge is -2.22. The summed E-state index contributed by atoms with van der Waals surface area (Å²) in [5.74, 6) is 0.644. The minimum Gasteiger partial charge on any atom is -0.464 e. The van der Waals surface area contributed by atoms with Gasteiger partial charge in [-0.3, -0.25) is 0 Å². The summed E-state index contributed by atoms with van der Waals surface area (Å²) in [6.07, 6.45) is 9.80. The zero-order chi connectivity index (χ0) is 21.9. The molecule has 1 unspecified atom stereocenters. The van der Waals surface area contributed by atoms with Gasteiger partial charge in [-0.2, -0.15) is 0 Å². The van der Waals surface area contributed by atoms with Gasteiger partial charge in [0, 0.05) is 6.61 Å². The Bertz CT molecular complexity index is 572. The van der Waals surface area contributed by atoms with Gasteiger partial charge in [0.2, 0.25) is 0 Å². The fraction of sp³-hybridized carbons (Fsp3) is 0.739. The number of carbonyl (C=O) groups excluding carboxylic acids is 2. The second-order valence-electron chi connectivity index (χ2n) is 9.25. The van der Waals surface area contributed by atoms with Crippen molar-refractivity contribution in [3.63, 3.8) is 0 Å². The average Bonchev–Trinajstić information content (AvgIpc) is 2.66. The van der Waals surface area contributed by atoms with Crippen molar-refractivity contribution in [1.82, 2.24) is 5.32 Å². The average molecular weight is 410 g/mol. The van der Waals surface area contributed by atoms with Crippen LogP contribution in [0, 0.1) is 11.8 Å². The quantitative estimate of drug-likeness (QED) is 0.679. The molecule has 1 amide bonds. The van der Waals surface area contributed by atoms with E-state index in [9.17, 15) is 9.59 Å². The second kappa shape index (κ2) is 12.7. The van der Waals surface area contributed by atoms with Crippen LogP contribution in [0.15, 0.2) is 23.8 Å². The molecule has 1 N–H and O–H groups in total. The number of nitrogens with one attached hydrogen (secondary N) is 1. The lowest BCUT2D eigenvalue weighted by molar-refractivity contribution is -0.147. The molecule has 2 rings (SSSR count). The summed E-state index contributed by atoms with van der Waals surface area (Å²) in [5.41, 5.74) is 0.688. The molecule has 1 aliphatic carbocycles. The van der Waals surface area contributed by atoms with Crippen molar-refractivity contribution in [2.45, 2.75) is 78.9 Å². The van der Waals surface area contributed by atoms with E-state index in [4.69, 9.17) is 14.2 Å². The number of amides is 1. The van der Waals surface area contributed by atoms with Crippen molar-refractivity contribution >= 4 is 12.1 Å². The lowest BCUT2D eigenvalue weighted by atomic mass is 9.94. The molecule has 0 bridgehead atoms. The molecule has 0 aromatic carbocycles. The Morgan fingerprint density at radius 1 is 1.24 bits per heavy atom. The number of alkyl carbamates (subject to hydrolysis) is 1. The Labute approximate surface area is 176 Å². The van der Waals surface area contributed by atoms with Gasteiger partial charge in [0.1, 0.15) is 5.60 Å². The summed E-state index contributed by atoms with van der Waals surface area (Å²) in [6, 6.07) is -0.845. The van der Waals surface area contributed by atoms with Gasteiger partial charge in [-0.05, 0) is 58.3 Å². The number of allylic oxidation sites excluding steroid dienone is 4. The molecule has 0 radical (unpaired) electrons. The second-order valence-corrected chi connectivity index (χ2v) is 9.25. The van der Waals surface area contributed by atoms with Crippen LogP contribution in [0.4, 0.5) is 4.79 Å².